The quantitative estimate of drug-likeness (QED) is 0.908. The lowest BCUT2D eigenvalue weighted by atomic mass is 10.1. The van der Waals surface area contributed by atoms with E-state index in [-0.39, 0.29) is 0 Å². The lowest BCUT2D eigenvalue weighted by molar-refractivity contribution is 0.664. The zero-order valence-electron chi connectivity index (χ0n) is 12.3. The molecule has 1 aliphatic rings. The van der Waals surface area contributed by atoms with E-state index in [4.69, 9.17) is 9.97 Å². The van der Waals surface area contributed by atoms with E-state index in [0.29, 0.717) is 5.92 Å². The topological polar surface area (TPSA) is 55.6 Å². The Labute approximate surface area is 119 Å². The van der Waals surface area contributed by atoms with Gasteiger partial charge in [0.1, 0.15) is 11.6 Å². The van der Waals surface area contributed by atoms with Gasteiger partial charge in [-0.15, -0.1) is 0 Å². The van der Waals surface area contributed by atoms with E-state index in [1.54, 1.807) is 0 Å². The van der Waals surface area contributed by atoms with Gasteiger partial charge in [0.2, 0.25) is 0 Å². The smallest absolute Gasteiger partial charge is 0.134 e. The fraction of sp³-hybridized carbons (Fsp3) is 0.533. The number of aromatic nitrogens is 4. The number of hydrogen-bond acceptors (Lipinski definition) is 4. The first-order chi connectivity index (χ1) is 9.74. The van der Waals surface area contributed by atoms with Gasteiger partial charge >= 0.3 is 0 Å². The van der Waals surface area contributed by atoms with Crippen molar-refractivity contribution in [2.75, 3.05) is 11.9 Å². The molecule has 106 valence electrons. The number of nitrogens with one attached hydrogen (secondary N) is 1. The van der Waals surface area contributed by atoms with E-state index >= 15 is 0 Å². The van der Waals surface area contributed by atoms with Crippen LogP contribution in [0.15, 0.2) is 12.3 Å². The average Bonchev–Trinajstić information content (AvgIpc) is 3.19. The van der Waals surface area contributed by atoms with Crippen LogP contribution in [0.5, 0.6) is 0 Å². The van der Waals surface area contributed by atoms with Crippen LogP contribution in [0.2, 0.25) is 0 Å². The monoisotopic (exact) mass is 271 g/mol. The predicted molar refractivity (Wildman–Crippen MR) is 79.8 cm³/mol. The summed E-state index contributed by atoms with van der Waals surface area (Å²) in [7, 11) is 0. The standard InChI is InChI=1S/C15H21N5/c1-4-16-14-10(3)13(12-8-9-17-20(12)5-2)18-15(19-14)11-6-7-11/h8-9,11H,4-7H2,1-3H3,(H,16,18,19). The Hall–Kier alpha value is -1.91. The van der Waals surface area contributed by atoms with Crippen molar-refractivity contribution in [1.29, 1.82) is 0 Å². The number of rotatable bonds is 5. The van der Waals surface area contributed by atoms with Crippen molar-refractivity contribution >= 4 is 5.82 Å². The second-order valence-electron chi connectivity index (χ2n) is 5.24. The summed E-state index contributed by atoms with van der Waals surface area (Å²) in [6.45, 7) is 7.99. The molecule has 1 saturated carbocycles. The van der Waals surface area contributed by atoms with Crippen molar-refractivity contribution in [1.82, 2.24) is 19.7 Å². The molecule has 0 amide bonds. The molecule has 0 unspecified atom stereocenters. The molecule has 20 heavy (non-hydrogen) atoms. The normalized spacial score (nSPS) is 14.6. The van der Waals surface area contributed by atoms with Crippen molar-refractivity contribution < 1.29 is 0 Å². The third-order valence-electron chi connectivity index (χ3n) is 3.71. The Balaban J connectivity index is 2.12. The van der Waals surface area contributed by atoms with Crippen molar-refractivity contribution in [3.05, 3.63) is 23.7 Å². The summed E-state index contributed by atoms with van der Waals surface area (Å²) in [5, 5.41) is 7.71. The largest absolute Gasteiger partial charge is 0.370 e. The molecular weight excluding hydrogens is 250 g/mol. The third kappa shape index (κ3) is 2.28. The van der Waals surface area contributed by atoms with E-state index < -0.39 is 0 Å². The minimum absolute atomic E-state index is 0.546. The summed E-state index contributed by atoms with van der Waals surface area (Å²) in [5.74, 6) is 2.48. The molecule has 0 spiro atoms. The molecule has 0 saturated heterocycles. The zero-order chi connectivity index (χ0) is 14.1. The van der Waals surface area contributed by atoms with Crippen molar-refractivity contribution in [2.24, 2.45) is 0 Å². The molecule has 0 aliphatic heterocycles. The average molecular weight is 271 g/mol. The summed E-state index contributed by atoms with van der Waals surface area (Å²) in [5.41, 5.74) is 3.19. The fourth-order valence-corrected chi connectivity index (χ4v) is 2.43. The van der Waals surface area contributed by atoms with Crippen LogP contribution < -0.4 is 5.32 Å². The second kappa shape index (κ2) is 5.23. The van der Waals surface area contributed by atoms with Crippen LogP contribution in [0.25, 0.3) is 11.4 Å². The van der Waals surface area contributed by atoms with Gasteiger partial charge in [-0.05, 0) is 39.7 Å². The molecule has 1 fully saturated rings. The molecule has 0 atom stereocenters. The molecule has 1 aliphatic carbocycles. The minimum Gasteiger partial charge on any atom is -0.370 e. The maximum absolute atomic E-state index is 4.82. The van der Waals surface area contributed by atoms with Gasteiger partial charge < -0.3 is 5.32 Å². The van der Waals surface area contributed by atoms with Gasteiger partial charge in [0, 0.05) is 30.8 Å². The van der Waals surface area contributed by atoms with Crippen LogP contribution >= 0.6 is 0 Å². The van der Waals surface area contributed by atoms with E-state index in [1.807, 2.05) is 16.9 Å². The Morgan fingerprint density at radius 3 is 2.75 bits per heavy atom. The number of hydrogen-bond donors (Lipinski definition) is 1. The van der Waals surface area contributed by atoms with Gasteiger partial charge in [-0.25, -0.2) is 9.97 Å². The summed E-state index contributed by atoms with van der Waals surface area (Å²) in [4.78, 5) is 9.51. The summed E-state index contributed by atoms with van der Waals surface area (Å²) < 4.78 is 1.99. The van der Waals surface area contributed by atoms with Gasteiger partial charge in [-0.1, -0.05) is 0 Å². The van der Waals surface area contributed by atoms with Gasteiger partial charge in [-0.3, -0.25) is 4.68 Å². The Kier molecular flexibility index (Phi) is 3.42. The molecule has 5 nitrogen and oxygen atoms in total. The minimum atomic E-state index is 0.546. The van der Waals surface area contributed by atoms with Crippen molar-refractivity contribution in [3.8, 4) is 11.4 Å². The van der Waals surface area contributed by atoms with Crippen molar-refractivity contribution in [3.63, 3.8) is 0 Å². The highest BCUT2D eigenvalue weighted by atomic mass is 15.3. The molecule has 2 heterocycles. The maximum Gasteiger partial charge on any atom is 0.134 e. The van der Waals surface area contributed by atoms with Crippen LogP contribution in [0.4, 0.5) is 5.82 Å². The van der Waals surface area contributed by atoms with Crippen LogP contribution in [0.3, 0.4) is 0 Å². The first-order valence-corrected chi connectivity index (χ1v) is 7.39. The molecule has 2 aromatic heterocycles. The van der Waals surface area contributed by atoms with E-state index in [9.17, 15) is 0 Å². The van der Waals surface area contributed by atoms with E-state index in [0.717, 1.165) is 41.7 Å². The van der Waals surface area contributed by atoms with Gasteiger partial charge in [0.15, 0.2) is 0 Å². The van der Waals surface area contributed by atoms with Crippen LogP contribution in [0, 0.1) is 6.92 Å². The third-order valence-corrected chi connectivity index (χ3v) is 3.71. The SMILES string of the molecule is CCNc1nc(C2CC2)nc(-c2ccnn2CC)c1C. The van der Waals surface area contributed by atoms with Crippen LogP contribution in [0.1, 0.15) is 44.0 Å². The highest BCUT2D eigenvalue weighted by Crippen LogP contribution is 2.40. The van der Waals surface area contributed by atoms with Crippen LogP contribution in [-0.2, 0) is 6.54 Å². The van der Waals surface area contributed by atoms with E-state index in [1.165, 1.54) is 12.8 Å². The molecule has 3 rings (SSSR count). The predicted octanol–water partition coefficient (Wildman–Crippen LogP) is 2.98. The van der Waals surface area contributed by atoms with Gasteiger partial charge in [-0.2, -0.15) is 5.10 Å². The first-order valence-electron chi connectivity index (χ1n) is 7.39. The van der Waals surface area contributed by atoms with E-state index in [2.05, 4.69) is 31.2 Å². The van der Waals surface area contributed by atoms with Crippen LogP contribution in [-0.4, -0.2) is 26.3 Å². The highest BCUT2D eigenvalue weighted by Gasteiger charge is 2.28. The lowest BCUT2D eigenvalue weighted by Gasteiger charge is -2.14. The Bertz CT molecular complexity index is 613. The Morgan fingerprint density at radius 1 is 1.30 bits per heavy atom. The van der Waals surface area contributed by atoms with Gasteiger partial charge in [0.25, 0.3) is 0 Å². The number of aryl methyl sites for hydroxylation is 1. The highest BCUT2D eigenvalue weighted by molar-refractivity contribution is 5.65. The molecule has 1 N–H and O–H groups in total. The second-order valence-corrected chi connectivity index (χ2v) is 5.24. The summed E-state index contributed by atoms with van der Waals surface area (Å²) in [6.07, 6.45) is 4.26. The summed E-state index contributed by atoms with van der Waals surface area (Å²) >= 11 is 0. The zero-order valence-corrected chi connectivity index (χ0v) is 12.3. The maximum atomic E-state index is 4.82. The molecule has 0 bridgehead atoms. The molecule has 5 heteroatoms. The Morgan fingerprint density at radius 2 is 2.10 bits per heavy atom. The van der Waals surface area contributed by atoms with Crippen molar-refractivity contribution in [2.45, 2.75) is 46.1 Å². The number of anilines is 1. The first kappa shape index (κ1) is 13.1. The molecular formula is C15H21N5. The molecule has 0 radical (unpaired) electrons. The number of nitrogens with zero attached hydrogens (tertiary/aromatic N) is 4. The summed E-state index contributed by atoms with van der Waals surface area (Å²) in [6, 6.07) is 2.03. The lowest BCUT2D eigenvalue weighted by Crippen LogP contribution is -2.09. The molecule has 2 aromatic rings. The fourth-order valence-electron chi connectivity index (χ4n) is 2.43. The van der Waals surface area contributed by atoms with Gasteiger partial charge in [0.05, 0.1) is 11.4 Å². The molecule has 0 aromatic carbocycles.